The van der Waals surface area contributed by atoms with Crippen molar-refractivity contribution in [3.63, 3.8) is 0 Å². The van der Waals surface area contributed by atoms with Gasteiger partial charge in [-0.25, -0.2) is 4.79 Å². The zero-order valence-electron chi connectivity index (χ0n) is 16.9. The molecule has 144 valence electrons. The standard InChI is InChI=1S/C21H33N3O2/c1-20(2,3)26-19(25)23-13-6-11-21(16-23)12-14-24(21)15-17-7-9-18(10-8-17)22(4)5/h7-10H,6,11-16H2,1-5H3/t21-/m0/s1. The van der Waals surface area contributed by atoms with Gasteiger partial charge in [-0.2, -0.15) is 0 Å². The van der Waals surface area contributed by atoms with E-state index in [0.29, 0.717) is 0 Å². The molecule has 3 rings (SSSR count). The molecule has 2 fully saturated rings. The van der Waals surface area contributed by atoms with Gasteiger partial charge in [-0.3, -0.25) is 4.90 Å². The van der Waals surface area contributed by atoms with E-state index < -0.39 is 5.60 Å². The highest BCUT2D eigenvalue weighted by atomic mass is 16.6. The normalized spacial score (nSPS) is 23.7. The van der Waals surface area contributed by atoms with E-state index in [1.54, 1.807) is 0 Å². The molecule has 26 heavy (non-hydrogen) atoms. The minimum Gasteiger partial charge on any atom is -0.444 e. The van der Waals surface area contributed by atoms with Crippen LogP contribution in [0, 0.1) is 0 Å². The Morgan fingerprint density at radius 2 is 1.85 bits per heavy atom. The van der Waals surface area contributed by atoms with Crippen LogP contribution in [0.2, 0.25) is 0 Å². The maximum Gasteiger partial charge on any atom is 0.410 e. The maximum absolute atomic E-state index is 12.5. The molecule has 1 amide bonds. The first-order chi connectivity index (χ1) is 12.2. The topological polar surface area (TPSA) is 36.0 Å². The molecule has 0 aromatic heterocycles. The lowest BCUT2D eigenvalue weighted by atomic mass is 9.77. The van der Waals surface area contributed by atoms with Crippen LogP contribution in [-0.4, -0.2) is 60.8 Å². The van der Waals surface area contributed by atoms with Crippen molar-refractivity contribution >= 4 is 11.8 Å². The van der Waals surface area contributed by atoms with Gasteiger partial charge >= 0.3 is 6.09 Å². The SMILES string of the molecule is CN(C)c1ccc(CN2CC[C@]23CCCN(C(=O)OC(C)(C)C)C3)cc1. The van der Waals surface area contributed by atoms with Gasteiger partial charge in [-0.05, 0) is 57.7 Å². The summed E-state index contributed by atoms with van der Waals surface area (Å²) in [6.45, 7) is 9.44. The van der Waals surface area contributed by atoms with E-state index in [2.05, 4.69) is 48.2 Å². The number of hydrogen-bond donors (Lipinski definition) is 0. The van der Waals surface area contributed by atoms with Crippen LogP contribution in [0.3, 0.4) is 0 Å². The number of piperidine rings is 1. The van der Waals surface area contributed by atoms with Crippen LogP contribution in [0.25, 0.3) is 0 Å². The van der Waals surface area contributed by atoms with Crippen molar-refractivity contribution in [2.45, 2.75) is 57.7 Å². The third-order valence-corrected chi connectivity index (χ3v) is 5.55. The fourth-order valence-corrected chi connectivity index (χ4v) is 4.01. The predicted octanol–water partition coefficient (Wildman–Crippen LogP) is 3.73. The van der Waals surface area contributed by atoms with Gasteiger partial charge in [0.1, 0.15) is 5.60 Å². The second-order valence-corrected chi connectivity index (χ2v) is 8.96. The molecule has 0 radical (unpaired) electrons. The Morgan fingerprint density at radius 3 is 2.38 bits per heavy atom. The summed E-state index contributed by atoms with van der Waals surface area (Å²) < 4.78 is 5.59. The first-order valence-corrected chi connectivity index (χ1v) is 9.68. The number of benzene rings is 1. The summed E-state index contributed by atoms with van der Waals surface area (Å²) in [5.74, 6) is 0. The van der Waals surface area contributed by atoms with Crippen molar-refractivity contribution in [2.75, 3.05) is 38.6 Å². The second-order valence-electron chi connectivity index (χ2n) is 8.96. The Hall–Kier alpha value is -1.75. The number of likely N-dealkylation sites (tertiary alicyclic amines) is 2. The van der Waals surface area contributed by atoms with Crippen molar-refractivity contribution in [3.05, 3.63) is 29.8 Å². The van der Waals surface area contributed by atoms with Crippen molar-refractivity contribution in [1.29, 1.82) is 0 Å². The zero-order chi connectivity index (χ0) is 18.9. The average molecular weight is 360 g/mol. The van der Waals surface area contributed by atoms with Crippen LogP contribution in [0.4, 0.5) is 10.5 Å². The lowest BCUT2D eigenvalue weighted by Crippen LogP contribution is -2.67. The summed E-state index contributed by atoms with van der Waals surface area (Å²) in [6.07, 6.45) is 3.22. The maximum atomic E-state index is 12.5. The molecule has 2 heterocycles. The van der Waals surface area contributed by atoms with Gasteiger partial charge < -0.3 is 14.5 Å². The largest absolute Gasteiger partial charge is 0.444 e. The molecule has 2 saturated heterocycles. The van der Waals surface area contributed by atoms with Crippen molar-refractivity contribution in [1.82, 2.24) is 9.80 Å². The summed E-state index contributed by atoms with van der Waals surface area (Å²) in [4.78, 5) is 19.1. The molecule has 0 saturated carbocycles. The Kier molecular flexibility index (Phi) is 5.20. The van der Waals surface area contributed by atoms with E-state index in [1.165, 1.54) is 24.1 Å². The summed E-state index contributed by atoms with van der Waals surface area (Å²) in [7, 11) is 4.12. The van der Waals surface area contributed by atoms with Crippen LogP contribution in [0.5, 0.6) is 0 Å². The molecule has 5 heteroatoms. The van der Waals surface area contributed by atoms with Gasteiger partial charge in [-0.1, -0.05) is 12.1 Å². The molecule has 1 atom stereocenters. The van der Waals surface area contributed by atoms with Crippen LogP contribution >= 0.6 is 0 Å². The molecular weight excluding hydrogens is 326 g/mol. The van der Waals surface area contributed by atoms with Crippen LogP contribution < -0.4 is 4.90 Å². The molecule has 0 N–H and O–H groups in total. The summed E-state index contributed by atoms with van der Waals surface area (Å²) in [6, 6.07) is 8.79. The Bertz CT molecular complexity index is 636. The fraction of sp³-hybridized carbons (Fsp3) is 0.667. The van der Waals surface area contributed by atoms with Gasteiger partial charge in [0.25, 0.3) is 0 Å². The number of anilines is 1. The van der Waals surface area contributed by atoms with E-state index in [4.69, 9.17) is 4.74 Å². The van der Waals surface area contributed by atoms with Crippen molar-refractivity contribution < 1.29 is 9.53 Å². The third kappa shape index (κ3) is 4.14. The molecule has 0 bridgehead atoms. The van der Waals surface area contributed by atoms with Gasteiger partial charge in [-0.15, -0.1) is 0 Å². The highest BCUT2D eigenvalue weighted by Crippen LogP contribution is 2.40. The van der Waals surface area contributed by atoms with Crippen molar-refractivity contribution in [2.24, 2.45) is 0 Å². The third-order valence-electron chi connectivity index (χ3n) is 5.55. The summed E-state index contributed by atoms with van der Waals surface area (Å²) >= 11 is 0. The van der Waals surface area contributed by atoms with Gasteiger partial charge in [0.05, 0.1) is 0 Å². The van der Waals surface area contributed by atoms with Crippen LogP contribution in [0.15, 0.2) is 24.3 Å². The van der Waals surface area contributed by atoms with E-state index in [0.717, 1.165) is 32.6 Å². The predicted molar refractivity (Wildman–Crippen MR) is 106 cm³/mol. The molecule has 1 spiro atoms. The number of ether oxygens (including phenoxy) is 1. The number of rotatable bonds is 3. The molecule has 2 aliphatic heterocycles. The first kappa shape index (κ1) is 19.0. The first-order valence-electron chi connectivity index (χ1n) is 9.68. The molecular formula is C21H33N3O2. The highest BCUT2D eigenvalue weighted by molar-refractivity contribution is 5.68. The minimum atomic E-state index is -0.435. The molecule has 1 aromatic rings. The van der Waals surface area contributed by atoms with E-state index in [1.807, 2.05) is 25.7 Å². The highest BCUT2D eigenvalue weighted by Gasteiger charge is 2.48. The smallest absolute Gasteiger partial charge is 0.410 e. The van der Waals surface area contributed by atoms with Gasteiger partial charge in [0.2, 0.25) is 0 Å². The van der Waals surface area contributed by atoms with E-state index >= 15 is 0 Å². The quantitative estimate of drug-likeness (QED) is 0.824. The lowest BCUT2D eigenvalue weighted by Gasteiger charge is -2.57. The minimum absolute atomic E-state index is 0.134. The van der Waals surface area contributed by atoms with Gasteiger partial charge in [0.15, 0.2) is 0 Å². The molecule has 2 aliphatic rings. The summed E-state index contributed by atoms with van der Waals surface area (Å²) in [5, 5.41) is 0. The number of carbonyl (C=O) groups is 1. The Labute approximate surface area is 157 Å². The molecule has 5 nitrogen and oxygen atoms in total. The Morgan fingerprint density at radius 1 is 1.15 bits per heavy atom. The monoisotopic (exact) mass is 359 g/mol. The molecule has 0 aliphatic carbocycles. The number of amides is 1. The summed E-state index contributed by atoms with van der Waals surface area (Å²) in [5.41, 5.74) is 2.26. The van der Waals surface area contributed by atoms with Gasteiger partial charge in [0, 0.05) is 51.5 Å². The number of hydrogen-bond acceptors (Lipinski definition) is 4. The number of carbonyl (C=O) groups excluding carboxylic acids is 1. The number of nitrogens with zero attached hydrogens (tertiary/aromatic N) is 3. The fourth-order valence-electron chi connectivity index (χ4n) is 4.01. The van der Waals surface area contributed by atoms with E-state index in [-0.39, 0.29) is 11.6 Å². The van der Waals surface area contributed by atoms with Crippen molar-refractivity contribution in [3.8, 4) is 0 Å². The van der Waals surface area contributed by atoms with E-state index in [9.17, 15) is 4.79 Å². The molecule has 1 aromatic carbocycles. The second kappa shape index (κ2) is 7.10. The zero-order valence-corrected chi connectivity index (χ0v) is 16.9. The lowest BCUT2D eigenvalue weighted by molar-refractivity contribution is -0.0744. The van der Waals surface area contributed by atoms with Crippen LogP contribution in [-0.2, 0) is 11.3 Å². The average Bonchev–Trinajstić information content (AvgIpc) is 2.58. The Balaban J connectivity index is 1.63. The molecule has 0 unspecified atom stereocenters. The van der Waals surface area contributed by atoms with Crippen LogP contribution in [0.1, 0.15) is 45.6 Å².